The van der Waals surface area contributed by atoms with E-state index in [1.807, 2.05) is 18.0 Å². The molecule has 2 amide bonds. The summed E-state index contributed by atoms with van der Waals surface area (Å²) in [5, 5.41) is 3.98. The molecule has 1 atom stereocenters. The van der Waals surface area contributed by atoms with Crippen LogP contribution in [-0.4, -0.2) is 45.4 Å². The number of aryl methyl sites for hydroxylation is 1. The van der Waals surface area contributed by atoms with Gasteiger partial charge in [0.1, 0.15) is 17.2 Å². The lowest BCUT2D eigenvalue weighted by molar-refractivity contribution is 0.0720. The Morgan fingerprint density at radius 3 is 2.74 bits per heavy atom. The molecule has 6 rings (SSSR count). The van der Waals surface area contributed by atoms with Gasteiger partial charge < -0.3 is 19.2 Å². The highest BCUT2D eigenvalue weighted by Crippen LogP contribution is 2.45. The molecule has 0 unspecified atom stereocenters. The van der Waals surface area contributed by atoms with Crippen LogP contribution in [0.2, 0.25) is 0 Å². The number of fused-ring (bicyclic) bond motifs is 1. The summed E-state index contributed by atoms with van der Waals surface area (Å²) < 4.78 is 20.7. The Balaban J connectivity index is 1.21. The van der Waals surface area contributed by atoms with Crippen molar-refractivity contribution in [2.75, 3.05) is 13.1 Å². The summed E-state index contributed by atoms with van der Waals surface area (Å²) in [6.45, 7) is 0.984. The first-order chi connectivity index (χ1) is 17.0. The van der Waals surface area contributed by atoms with Crippen LogP contribution in [0.1, 0.15) is 57.6 Å². The van der Waals surface area contributed by atoms with Gasteiger partial charge in [0.15, 0.2) is 5.58 Å². The van der Waals surface area contributed by atoms with Crippen LogP contribution >= 0.6 is 11.3 Å². The first-order valence-electron chi connectivity index (χ1n) is 11.9. The summed E-state index contributed by atoms with van der Waals surface area (Å²) in [4.78, 5) is 33.9. The van der Waals surface area contributed by atoms with Crippen molar-refractivity contribution in [1.82, 2.24) is 19.8 Å². The molecular formula is C26H25FN4O3S. The Labute approximate surface area is 205 Å². The number of aromatic nitrogens is 2. The monoisotopic (exact) mass is 492 g/mol. The van der Waals surface area contributed by atoms with Crippen LogP contribution in [0.5, 0.6) is 0 Å². The first-order valence-corrected chi connectivity index (χ1v) is 12.7. The Bertz CT molecular complexity index is 1420. The Morgan fingerprint density at radius 1 is 1.20 bits per heavy atom. The molecular weight excluding hydrogens is 467 g/mol. The zero-order valence-corrected chi connectivity index (χ0v) is 20.1. The number of halogens is 1. The number of rotatable bonds is 6. The van der Waals surface area contributed by atoms with Gasteiger partial charge in [0.2, 0.25) is 0 Å². The zero-order chi connectivity index (χ0) is 24.1. The van der Waals surface area contributed by atoms with Crippen molar-refractivity contribution in [2.24, 2.45) is 7.05 Å². The molecule has 4 aromatic rings. The highest BCUT2D eigenvalue weighted by Gasteiger charge is 2.35. The molecule has 0 radical (unpaired) electrons. The molecule has 1 N–H and O–H groups in total. The second-order valence-corrected chi connectivity index (χ2v) is 10.3. The highest BCUT2D eigenvalue weighted by atomic mass is 32.1. The number of hydrogen-bond acceptors (Lipinski definition) is 5. The summed E-state index contributed by atoms with van der Waals surface area (Å²) in [5.41, 5.74) is 3.28. The molecule has 2 fully saturated rings. The fraction of sp³-hybridized carbons (Fsp3) is 0.346. The molecule has 35 heavy (non-hydrogen) atoms. The van der Waals surface area contributed by atoms with E-state index in [9.17, 15) is 14.0 Å². The minimum Gasteiger partial charge on any atom is -0.463 e. The lowest BCUT2D eigenvalue weighted by Gasteiger charge is -2.24. The predicted octanol–water partition coefficient (Wildman–Crippen LogP) is 4.95. The number of carbonyl (C=O) groups is 2. The summed E-state index contributed by atoms with van der Waals surface area (Å²) in [5.74, 6) is -0.217. The number of furan rings is 1. The van der Waals surface area contributed by atoms with Crippen LogP contribution in [-0.2, 0) is 7.05 Å². The van der Waals surface area contributed by atoms with Crippen LogP contribution in [0.4, 0.5) is 4.39 Å². The number of amides is 2. The number of nitrogens with one attached hydrogen (secondary N) is 1. The predicted molar refractivity (Wildman–Crippen MR) is 131 cm³/mol. The van der Waals surface area contributed by atoms with E-state index in [2.05, 4.69) is 5.32 Å². The van der Waals surface area contributed by atoms with Crippen LogP contribution in [0.3, 0.4) is 0 Å². The quantitative estimate of drug-likeness (QED) is 0.413. The van der Waals surface area contributed by atoms with Gasteiger partial charge in [0, 0.05) is 44.2 Å². The lowest BCUT2D eigenvalue weighted by Crippen LogP contribution is -2.43. The molecule has 1 aliphatic heterocycles. The molecule has 1 aliphatic carbocycles. The van der Waals surface area contributed by atoms with Crippen molar-refractivity contribution in [1.29, 1.82) is 0 Å². The van der Waals surface area contributed by atoms with Crippen LogP contribution in [0.25, 0.3) is 21.5 Å². The molecule has 7 nitrogen and oxygen atoms in total. The van der Waals surface area contributed by atoms with Crippen molar-refractivity contribution in [2.45, 2.75) is 37.6 Å². The van der Waals surface area contributed by atoms with E-state index >= 15 is 0 Å². The third kappa shape index (κ3) is 4.03. The maximum absolute atomic E-state index is 13.7. The second-order valence-electron chi connectivity index (χ2n) is 9.27. The van der Waals surface area contributed by atoms with Crippen LogP contribution in [0, 0.1) is 5.82 Å². The van der Waals surface area contributed by atoms with E-state index in [0.717, 1.165) is 46.6 Å². The van der Waals surface area contributed by atoms with Gasteiger partial charge in [0.05, 0.1) is 21.7 Å². The van der Waals surface area contributed by atoms with Gasteiger partial charge in [-0.25, -0.2) is 9.37 Å². The Hall–Kier alpha value is -3.46. The molecule has 9 heteroatoms. The smallest absolute Gasteiger partial charge is 0.274 e. The van der Waals surface area contributed by atoms with Gasteiger partial charge in [-0.1, -0.05) is 12.1 Å². The molecule has 4 heterocycles. The van der Waals surface area contributed by atoms with Gasteiger partial charge in [-0.3, -0.25) is 9.59 Å². The van der Waals surface area contributed by atoms with Crippen molar-refractivity contribution < 1.29 is 18.4 Å². The van der Waals surface area contributed by atoms with Crippen LogP contribution < -0.4 is 5.32 Å². The molecule has 3 aromatic heterocycles. The van der Waals surface area contributed by atoms with Crippen molar-refractivity contribution in [3.05, 3.63) is 64.9 Å². The van der Waals surface area contributed by atoms with Gasteiger partial charge >= 0.3 is 0 Å². The number of nitrogens with zero attached hydrogens (tertiary/aromatic N) is 3. The number of likely N-dealkylation sites (tertiary alicyclic amines) is 1. The second kappa shape index (κ2) is 8.64. The minimum absolute atomic E-state index is 0.109. The molecule has 1 saturated carbocycles. The third-order valence-electron chi connectivity index (χ3n) is 6.91. The molecule has 1 aromatic carbocycles. The number of hydrogen-bond donors (Lipinski definition) is 1. The molecule has 1 saturated heterocycles. The molecule has 0 spiro atoms. The summed E-state index contributed by atoms with van der Waals surface area (Å²) in [6, 6.07) is 9.67. The normalized spacial score (nSPS) is 17.9. The maximum Gasteiger partial charge on any atom is 0.274 e. The van der Waals surface area contributed by atoms with E-state index < -0.39 is 0 Å². The standard InChI is InChI=1S/C26H25FN4O3S/c1-30-19-10-12-34-21(19)13-20(30)24(32)28-14-18-3-2-11-31(18)26(33)22-23(15-6-8-17(27)9-7-15)35-25(29-22)16-4-5-16/h6-10,12-13,16,18H,2-5,11,14H2,1H3,(H,28,32)/t18-/m0/s1. The average molecular weight is 493 g/mol. The van der Waals surface area contributed by atoms with Gasteiger partial charge in [-0.15, -0.1) is 11.3 Å². The van der Waals surface area contributed by atoms with Gasteiger partial charge in [-0.2, -0.15) is 0 Å². The minimum atomic E-state index is -0.310. The SMILES string of the molecule is Cn1c(C(=O)NC[C@@H]2CCCN2C(=O)c2nc(C3CC3)sc2-c2ccc(F)cc2)cc2occc21. The largest absolute Gasteiger partial charge is 0.463 e. The zero-order valence-electron chi connectivity index (χ0n) is 19.3. The average Bonchev–Trinajstić information content (AvgIpc) is 3.22. The molecule has 0 bridgehead atoms. The fourth-order valence-electron chi connectivity index (χ4n) is 4.80. The van der Waals surface area contributed by atoms with E-state index in [1.54, 1.807) is 29.0 Å². The highest BCUT2D eigenvalue weighted by molar-refractivity contribution is 7.15. The van der Waals surface area contributed by atoms with E-state index in [-0.39, 0.29) is 23.7 Å². The van der Waals surface area contributed by atoms with Crippen molar-refractivity contribution >= 4 is 34.3 Å². The van der Waals surface area contributed by atoms with Crippen molar-refractivity contribution in [3.63, 3.8) is 0 Å². The summed E-state index contributed by atoms with van der Waals surface area (Å²) >= 11 is 1.53. The Morgan fingerprint density at radius 2 is 2.00 bits per heavy atom. The van der Waals surface area contributed by atoms with Crippen LogP contribution in [0.15, 0.2) is 47.1 Å². The number of carbonyl (C=O) groups excluding carboxylic acids is 2. The van der Waals surface area contributed by atoms with Gasteiger partial charge in [0.25, 0.3) is 11.8 Å². The number of benzene rings is 1. The third-order valence-corrected chi connectivity index (χ3v) is 8.18. The van der Waals surface area contributed by atoms with Crippen molar-refractivity contribution in [3.8, 4) is 10.4 Å². The lowest BCUT2D eigenvalue weighted by atomic mass is 10.1. The summed E-state index contributed by atoms with van der Waals surface area (Å²) in [7, 11) is 1.83. The van der Waals surface area contributed by atoms with E-state index in [4.69, 9.17) is 9.40 Å². The molecule has 2 aliphatic rings. The first kappa shape index (κ1) is 22.0. The van der Waals surface area contributed by atoms with Gasteiger partial charge in [-0.05, 0) is 43.4 Å². The summed E-state index contributed by atoms with van der Waals surface area (Å²) in [6.07, 6.45) is 5.46. The maximum atomic E-state index is 13.7. The van der Waals surface area contributed by atoms with E-state index in [0.29, 0.717) is 36.0 Å². The Kier molecular flexibility index (Phi) is 5.44. The fourth-order valence-corrected chi connectivity index (χ4v) is 6.04. The van der Waals surface area contributed by atoms with E-state index in [1.165, 1.54) is 23.5 Å². The number of thiazole rings is 1. The molecule has 180 valence electrons. The topological polar surface area (TPSA) is 80.4 Å².